The molecule has 2 atom stereocenters. The Balaban J connectivity index is 1.40. The van der Waals surface area contributed by atoms with Crippen LogP contribution in [0, 0.1) is 5.82 Å². The van der Waals surface area contributed by atoms with Gasteiger partial charge in [-0.1, -0.05) is 37.6 Å². The third-order valence-corrected chi connectivity index (χ3v) is 10.3. The van der Waals surface area contributed by atoms with Gasteiger partial charge in [0.2, 0.25) is 0 Å². The Hall–Kier alpha value is -3.84. The molecule has 0 aliphatic carbocycles. The number of rotatable bonds is 13. The second-order valence-corrected chi connectivity index (χ2v) is 14.0. The molecule has 1 N–H and O–H groups in total. The molecule has 236 valence electrons. The summed E-state index contributed by atoms with van der Waals surface area (Å²) in [6, 6.07) is 15.2. The molecule has 3 aromatic carbocycles. The number of hydrogen-bond acceptors (Lipinski definition) is 10. The molecule has 2 heterocycles. The highest BCUT2D eigenvalue weighted by Gasteiger charge is 2.26. The zero-order valence-corrected chi connectivity index (χ0v) is 27.5. The molecule has 5 rings (SSSR count). The first-order valence-corrected chi connectivity index (χ1v) is 17.2. The van der Waals surface area contributed by atoms with Gasteiger partial charge in [-0.2, -0.15) is 0 Å². The van der Waals surface area contributed by atoms with Crippen molar-refractivity contribution in [3.63, 3.8) is 0 Å². The first-order valence-electron chi connectivity index (χ1n) is 14.2. The van der Waals surface area contributed by atoms with Gasteiger partial charge in [-0.05, 0) is 55.3 Å². The minimum Gasteiger partial charge on any atom is -0.496 e. The number of hydrogen-bond donors (Lipinski definition) is 1. The van der Waals surface area contributed by atoms with Gasteiger partial charge >= 0.3 is 0 Å². The SMILES string of the molecule is CCC(OC(C)S(=O)(=O)CC)c1nc(-c2cc3c(Nc4ccc(OCc5cccc(F)c5)c(Cl)c4)ncnc3cc2OC)cs1. The summed E-state index contributed by atoms with van der Waals surface area (Å²) in [6.45, 7) is 5.26. The van der Waals surface area contributed by atoms with Gasteiger partial charge in [-0.15, -0.1) is 11.3 Å². The number of thiazole rings is 1. The molecule has 5 aromatic rings. The van der Waals surface area contributed by atoms with Gasteiger partial charge in [0, 0.05) is 33.8 Å². The maximum atomic E-state index is 13.5. The van der Waals surface area contributed by atoms with E-state index in [4.69, 9.17) is 30.8 Å². The van der Waals surface area contributed by atoms with E-state index in [1.165, 1.54) is 29.8 Å². The van der Waals surface area contributed by atoms with Gasteiger partial charge in [-0.25, -0.2) is 27.8 Å². The molecular weight excluding hydrogens is 639 g/mol. The van der Waals surface area contributed by atoms with Crippen LogP contribution in [0.25, 0.3) is 22.2 Å². The highest BCUT2D eigenvalue weighted by Crippen LogP contribution is 2.39. The standard InChI is InChI=1S/C32H32ClFN4O5S2/c1-5-28(43-19(3)45(39,40)6-2)32-38-27(17-44-32)23-14-24-26(15-30(23)41-4)35-18-36-31(24)37-22-10-11-29(25(33)13-22)42-16-20-8-7-9-21(34)12-20/h7-15,17-19,28H,5-6,16H2,1-4H3,(H,35,36,37). The minimum atomic E-state index is -3.36. The topological polar surface area (TPSA) is 113 Å². The second kappa shape index (κ2) is 14.1. The fraction of sp³-hybridized carbons (Fsp3) is 0.281. The summed E-state index contributed by atoms with van der Waals surface area (Å²) in [5, 5.41) is 6.97. The summed E-state index contributed by atoms with van der Waals surface area (Å²) >= 11 is 7.92. The van der Waals surface area contributed by atoms with Crippen LogP contribution < -0.4 is 14.8 Å². The predicted octanol–water partition coefficient (Wildman–Crippen LogP) is 8.13. The van der Waals surface area contributed by atoms with E-state index in [1.54, 1.807) is 45.2 Å². The molecule has 0 bridgehead atoms. The molecule has 0 saturated carbocycles. The smallest absolute Gasteiger partial charge is 0.176 e. The monoisotopic (exact) mass is 670 g/mol. The fourth-order valence-electron chi connectivity index (χ4n) is 4.61. The highest BCUT2D eigenvalue weighted by atomic mass is 35.5. The van der Waals surface area contributed by atoms with E-state index < -0.39 is 21.4 Å². The number of nitrogens with zero attached hydrogens (tertiary/aromatic N) is 3. The summed E-state index contributed by atoms with van der Waals surface area (Å²) in [5.41, 5.74) is 2.44. The molecule has 0 saturated heterocycles. The number of benzene rings is 3. The second-order valence-electron chi connectivity index (χ2n) is 10.1. The lowest BCUT2D eigenvalue weighted by Crippen LogP contribution is -2.24. The van der Waals surface area contributed by atoms with Crippen LogP contribution in [0.1, 0.15) is 43.9 Å². The molecule has 0 radical (unpaired) electrons. The molecule has 0 fully saturated rings. The number of nitrogens with one attached hydrogen (secondary N) is 1. The largest absolute Gasteiger partial charge is 0.496 e. The van der Waals surface area contributed by atoms with Gasteiger partial charge < -0.3 is 19.5 Å². The van der Waals surface area contributed by atoms with Crippen molar-refractivity contribution < 1.29 is 27.0 Å². The van der Waals surface area contributed by atoms with Crippen molar-refractivity contribution in [2.75, 3.05) is 18.2 Å². The average molecular weight is 671 g/mol. The van der Waals surface area contributed by atoms with Gasteiger partial charge in [0.15, 0.2) is 15.3 Å². The van der Waals surface area contributed by atoms with Crippen LogP contribution >= 0.6 is 22.9 Å². The number of methoxy groups -OCH3 is 1. The zero-order chi connectivity index (χ0) is 32.1. The Labute approximate surface area is 270 Å². The lowest BCUT2D eigenvalue weighted by atomic mass is 10.1. The summed E-state index contributed by atoms with van der Waals surface area (Å²) in [6.07, 6.45) is 1.54. The molecular formula is C32H32ClFN4O5S2. The van der Waals surface area contributed by atoms with E-state index >= 15 is 0 Å². The lowest BCUT2D eigenvalue weighted by Gasteiger charge is -2.19. The van der Waals surface area contributed by atoms with Gasteiger partial charge in [-0.3, -0.25) is 0 Å². The van der Waals surface area contributed by atoms with Crippen molar-refractivity contribution in [2.45, 2.75) is 45.3 Å². The molecule has 9 nitrogen and oxygen atoms in total. The Morgan fingerprint density at radius 3 is 2.60 bits per heavy atom. The van der Waals surface area contributed by atoms with E-state index in [-0.39, 0.29) is 18.2 Å². The van der Waals surface area contributed by atoms with Gasteiger partial charge in [0.05, 0.1) is 23.3 Å². The molecule has 0 aliphatic heterocycles. The van der Waals surface area contributed by atoms with Crippen molar-refractivity contribution in [3.8, 4) is 22.8 Å². The third-order valence-electron chi connectivity index (χ3n) is 7.14. The molecule has 13 heteroatoms. The molecule has 0 aliphatic rings. The van der Waals surface area contributed by atoms with Crippen LogP contribution in [0.4, 0.5) is 15.9 Å². The summed E-state index contributed by atoms with van der Waals surface area (Å²) in [5.74, 6) is 1.24. The molecule has 2 aromatic heterocycles. The van der Waals surface area contributed by atoms with Crippen molar-refractivity contribution >= 4 is 55.2 Å². The van der Waals surface area contributed by atoms with Crippen LogP contribution in [0.5, 0.6) is 11.5 Å². The molecule has 2 unspecified atom stereocenters. The number of anilines is 2. The van der Waals surface area contributed by atoms with Crippen molar-refractivity contribution in [3.05, 3.63) is 87.7 Å². The number of halogens is 2. The number of aromatic nitrogens is 3. The third kappa shape index (κ3) is 7.52. The van der Waals surface area contributed by atoms with Crippen LogP contribution in [0.2, 0.25) is 5.02 Å². The quantitative estimate of drug-likeness (QED) is 0.133. The van der Waals surface area contributed by atoms with Crippen molar-refractivity contribution in [1.29, 1.82) is 0 Å². The first kappa shape index (κ1) is 32.6. The molecule has 0 spiro atoms. The highest BCUT2D eigenvalue weighted by molar-refractivity contribution is 7.91. The summed E-state index contributed by atoms with van der Waals surface area (Å²) in [4.78, 5) is 13.7. The first-order chi connectivity index (χ1) is 21.6. The Bertz CT molecular complexity index is 1920. The Kier molecular flexibility index (Phi) is 10.2. The summed E-state index contributed by atoms with van der Waals surface area (Å²) in [7, 11) is -1.78. The van der Waals surface area contributed by atoms with Crippen LogP contribution in [0.3, 0.4) is 0 Å². The van der Waals surface area contributed by atoms with E-state index in [0.717, 1.165) is 5.39 Å². The van der Waals surface area contributed by atoms with Crippen LogP contribution in [-0.4, -0.2) is 41.7 Å². The van der Waals surface area contributed by atoms with E-state index in [0.29, 0.717) is 61.8 Å². The number of fused-ring (bicyclic) bond motifs is 1. The Morgan fingerprint density at radius 2 is 1.89 bits per heavy atom. The number of sulfone groups is 1. The predicted molar refractivity (Wildman–Crippen MR) is 176 cm³/mol. The molecule has 0 amide bonds. The minimum absolute atomic E-state index is 0.00113. The van der Waals surface area contributed by atoms with Gasteiger partial charge in [0.25, 0.3) is 0 Å². The number of ether oxygens (including phenoxy) is 3. The Morgan fingerprint density at radius 1 is 1.07 bits per heavy atom. The van der Waals surface area contributed by atoms with E-state index in [1.807, 2.05) is 30.5 Å². The normalized spacial score (nSPS) is 13.0. The summed E-state index contributed by atoms with van der Waals surface area (Å²) < 4.78 is 55.6. The van der Waals surface area contributed by atoms with E-state index in [9.17, 15) is 12.8 Å². The van der Waals surface area contributed by atoms with Crippen molar-refractivity contribution in [1.82, 2.24) is 15.0 Å². The maximum Gasteiger partial charge on any atom is 0.176 e. The van der Waals surface area contributed by atoms with Crippen LogP contribution in [0.15, 0.2) is 66.3 Å². The van der Waals surface area contributed by atoms with E-state index in [2.05, 4.69) is 15.3 Å². The maximum absolute atomic E-state index is 13.5. The average Bonchev–Trinajstić information content (AvgIpc) is 3.52. The van der Waals surface area contributed by atoms with Crippen LogP contribution in [-0.2, 0) is 21.2 Å². The van der Waals surface area contributed by atoms with Gasteiger partial charge in [0.1, 0.15) is 47.2 Å². The molecule has 45 heavy (non-hydrogen) atoms. The lowest BCUT2D eigenvalue weighted by molar-refractivity contribution is 0.0353. The fourth-order valence-corrected chi connectivity index (χ4v) is 6.56. The zero-order valence-electron chi connectivity index (χ0n) is 25.1. The van der Waals surface area contributed by atoms with Crippen molar-refractivity contribution in [2.24, 2.45) is 0 Å².